The summed E-state index contributed by atoms with van der Waals surface area (Å²) in [6.07, 6.45) is 6.17. The molecule has 6 nitrogen and oxygen atoms in total. The molecule has 0 bridgehead atoms. The van der Waals surface area contributed by atoms with Crippen molar-refractivity contribution in [1.29, 1.82) is 0 Å². The zero-order valence-corrected chi connectivity index (χ0v) is 14.2. The van der Waals surface area contributed by atoms with Crippen LogP contribution in [0.25, 0.3) is 0 Å². The molecule has 1 aliphatic rings. The van der Waals surface area contributed by atoms with E-state index in [0.717, 1.165) is 35.4 Å². The quantitative estimate of drug-likeness (QED) is 0.860. The largest absolute Gasteiger partial charge is 0.460 e. The fourth-order valence-electron chi connectivity index (χ4n) is 2.56. The Morgan fingerprint density at radius 1 is 1.30 bits per heavy atom. The van der Waals surface area contributed by atoms with E-state index in [4.69, 9.17) is 4.74 Å². The Morgan fingerprint density at radius 3 is 2.57 bits per heavy atom. The molecule has 3 rings (SSSR count). The van der Waals surface area contributed by atoms with Gasteiger partial charge in [0.15, 0.2) is 0 Å². The standard InChI is InChI=1S/C16H20N4O2S/c1-3-12-8-17-16(18-9-12)22-13-4-6-20(7-5-13)15(21)14-11(2)19-10-23-14/h8-10,13H,3-7H2,1-2H3. The van der Waals surface area contributed by atoms with Crippen LogP contribution in [0.15, 0.2) is 17.9 Å². The van der Waals surface area contributed by atoms with Gasteiger partial charge in [-0.1, -0.05) is 6.92 Å². The zero-order valence-electron chi connectivity index (χ0n) is 13.4. The molecule has 23 heavy (non-hydrogen) atoms. The van der Waals surface area contributed by atoms with Crippen LogP contribution in [0.2, 0.25) is 0 Å². The van der Waals surface area contributed by atoms with E-state index in [9.17, 15) is 4.79 Å². The van der Waals surface area contributed by atoms with Gasteiger partial charge in [-0.2, -0.15) is 0 Å². The lowest BCUT2D eigenvalue weighted by atomic mass is 10.1. The summed E-state index contributed by atoms with van der Waals surface area (Å²) in [6.45, 7) is 5.31. The first-order valence-corrected chi connectivity index (χ1v) is 8.72. The third kappa shape index (κ3) is 3.67. The summed E-state index contributed by atoms with van der Waals surface area (Å²) in [5.74, 6) is 0.0759. The number of piperidine rings is 1. The minimum atomic E-state index is 0.0640. The number of amides is 1. The summed E-state index contributed by atoms with van der Waals surface area (Å²) in [7, 11) is 0. The summed E-state index contributed by atoms with van der Waals surface area (Å²) in [4.78, 5) is 27.7. The second kappa shape index (κ2) is 7.04. The number of carbonyl (C=O) groups is 1. The average Bonchev–Trinajstić information content (AvgIpc) is 3.02. The second-order valence-corrected chi connectivity index (χ2v) is 6.46. The minimum Gasteiger partial charge on any atom is -0.460 e. The van der Waals surface area contributed by atoms with Crippen LogP contribution in [0.4, 0.5) is 0 Å². The van der Waals surface area contributed by atoms with Crippen molar-refractivity contribution in [2.45, 2.75) is 39.2 Å². The number of ether oxygens (including phenoxy) is 1. The number of aromatic nitrogens is 3. The molecule has 7 heteroatoms. The van der Waals surface area contributed by atoms with E-state index >= 15 is 0 Å². The molecular weight excluding hydrogens is 312 g/mol. The van der Waals surface area contributed by atoms with Gasteiger partial charge >= 0.3 is 6.01 Å². The van der Waals surface area contributed by atoms with Crippen LogP contribution in [0.1, 0.15) is 40.7 Å². The van der Waals surface area contributed by atoms with Gasteiger partial charge in [-0.25, -0.2) is 15.0 Å². The van der Waals surface area contributed by atoms with E-state index in [2.05, 4.69) is 21.9 Å². The fraction of sp³-hybridized carbons (Fsp3) is 0.500. The average molecular weight is 332 g/mol. The highest BCUT2D eigenvalue weighted by Gasteiger charge is 2.26. The smallest absolute Gasteiger partial charge is 0.316 e. The van der Waals surface area contributed by atoms with Crippen molar-refractivity contribution in [3.8, 4) is 6.01 Å². The van der Waals surface area contributed by atoms with E-state index in [0.29, 0.717) is 19.1 Å². The molecule has 0 atom stereocenters. The van der Waals surface area contributed by atoms with Gasteiger partial charge in [0, 0.05) is 38.3 Å². The molecule has 0 N–H and O–H groups in total. The van der Waals surface area contributed by atoms with Gasteiger partial charge in [-0.05, 0) is 18.9 Å². The number of aryl methyl sites for hydroxylation is 2. The van der Waals surface area contributed by atoms with E-state index in [-0.39, 0.29) is 12.0 Å². The summed E-state index contributed by atoms with van der Waals surface area (Å²) < 4.78 is 5.83. The van der Waals surface area contributed by atoms with Crippen LogP contribution in [-0.4, -0.2) is 45.0 Å². The van der Waals surface area contributed by atoms with Crippen LogP contribution in [0.3, 0.4) is 0 Å². The molecular formula is C16H20N4O2S. The highest BCUT2D eigenvalue weighted by molar-refractivity contribution is 7.11. The molecule has 0 aromatic carbocycles. The minimum absolute atomic E-state index is 0.0640. The number of nitrogens with zero attached hydrogens (tertiary/aromatic N) is 4. The first-order valence-electron chi connectivity index (χ1n) is 7.84. The first-order chi connectivity index (χ1) is 11.2. The summed E-state index contributed by atoms with van der Waals surface area (Å²) in [5.41, 5.74) is 3.62. The number of hydrogen-bond donors (Lipinski definition) is 0. The van der Waals surface area contributed by atoms with E-state index in [1.54, 1.807) is 17.9 Å². The molecule has 0 saturated carbocycles. The number of hydrogen-bond acceptors (Lipinski definition) is 6. The molecule has 0 spiro atoms. The molecule has 0 radical (unpaired) electrons. The SMILES string of the molecule is CCc1cnc(OC2CCN(C(=O)c3scnc3C)CC2)nc1. The van der Waals surface area contributed by atoms with Gasteiger partial charge in [0.1, 0.15) is 11.0 Å². The van der Waals surface area contributed by atoms with Gasteiger partial charge in [0.05, 0.1) is 11.2 Å². The molecule has 1 fully saturated rings. The number of carbonyl (C=O) groups excluding carboxylic acids is 1. The van der Waals surface area contributed by atoms with Gasteiger partial charge in [0.25, 0.3) is 5.91 Å². The Labute approximate surface area is 139 Å². The lowest BCUT2D eigenvalue weighted by Crippen LogP contribution is -2.41. The Morgan fingerprint density at radius 2 is 2.00 bits per heavy atom. The van der Waals surface area contributed by atoms with Crippen molar-refractivity contribution in [2.24, 2.45) is 0 Å². The van der Waals surface area contributed by atoms with Crippen molar-refractivity contribution >= 4 is 17.2 Å². The predicted octanol–water partition coefficient (Wildman–Crippen LogP) is 2.49. The molecule has 2 aromatic rings. The molecule has 0 aliphatic carbocycles. The maximum atomic E-state index is 12.4. The van der Waals surface area contributed by atoms with Gasteiger partial charge < -0.3 is 9.64 Å². The summed E-state index contributed by atoms with van der Waals surface area (Å²) >= 11 is 1.40. The topological polar surface area (TPSA) is 68.2 Å². The highest BCUT2D eigenvalue weighted by atomic mass is 32.1. The maximum Gasteiger partial charge on any atom is 0.316 e. The second-order valence-electron chi connectivity index (χ2n) is 5.60. The number of rotatable bonds is 4. The van der Waals surface area contributed by atoms with Gasteiger partial charge in [-0.3, -0.25) is 4.79 Å². The predicted molar refractivity (Wildman–Crippen MR) is 87.8 cm³/mol. The van der Waals surface area contributed by atoms with Crippen molar-refractivity contribution in [2.75, 3.05) is 13.1 Å². The van der Waals surface area contributed by atoms with Gasteiger partial charge in [0.2, 0.25) is 0 Å². The van der Waals surface area contributed by atoms with Crippen molar-refractivity contribution in [1.82, 2.24) is 19.9 Å². The van der Waals surface area contributed by atoms with Crippen molar-refractivity contribution in [3.63, 3.8) is 0 Å². The number of thiazole rings is 1. The normalized spacial score (nSPS) is 15.7. The van der Waals surface area contributed by atoms with Crippen molar-refractivity contribution in [3.05, 3.63) is 34.0 Å². The molecule has 3 heterocycles. The molecule has 1 saturated heterocycles. The molecule has 122 valence electrons. The maximum absolute atomic E-state index is 12.4. The van der Waals surface area contributed by atoms with E-state index in [1.807, 2.05) is 11.8 Å². The van der Waals surface area contributed by atoms with Crippen LogP contribution in [-0.2, 0) is 6.42 Å². The Hall–Kier alpha value is -2.02. The summed E-state index contributed by atoms with van der Waals surface area (Å²) in [5, 5.41) is 0. The highest BCUT2D eigenvalue weighted by Crippen LogP contribution is 2.20. The van der Waals surface area contributed by atoms with Crippen LogP contribution < -0.4 is 4.74 Å². The zero-order chi connectivity index (χ0) is 16.2. The fourth-order valence-corrected chi connectivity index (χ4v) is 3.33. The third-order valence-electron chi connectivity index (χ3n) is 4.03. The molecule has 2 aromatic heterocycles. The first kappa shape index (κ1) is 15.9. The summed E-state index contributed by atoms with van der Waals surface area (Å²) in [6, 6.07) is 0.422. The lowest BCUT2D eigenvalue weighted by Gasteiger charge is -2.31. The molecule has 1 aliphatic heterocycles. The van der Waals surface area contributed by atoms with E-state index in [1.165, 1.54) is 11.3 Å². The van der Waals surface area contributed by atoms with Crippen LogP contribution in [0.5, 0.6) is 6.01 Å². The molecule has 0 unspecified atom stereocenters. The van der Waals surface area contributed by atoms with Gasteiger partial charge in [-0.15, -0.1) is 11.3 Å². The monoisotopic (exact) mass is 332 g/mol. The number of likely N-dealkylation sites (tertiary alicyclic amines) is 1. The van der Waals surface area contributed by atoms with Crippen molar-refractivity contribution < 1.29 is 9.53 Å². The third-order valence-corrected chi connectivity index (χ3v) is 4.95. The Kier molecular flexibility index (Phi) is 4.85. The lowest BCUT2D eigenvalue weighted by molar-refractivity contribution is 0.0582. The Balaban J connectivity index is 1.54. The van der Waals surface area contributed by atoms with Crippen LogP contribution in [0, 0.1) is 6.92 Å². The van der Waals surface area contributed by atoms with Crippen LogP contribution >= 0.6 is 11.3 Å². The Bertz CT molecular complexity index is 663. The van der Waals surface area contributed by atoms with E-state index < -0.39 is 0 Å². The molecule has 1 amide bonds.